The van der Waals surface area contributed by atoms with Crippen LogP contribution in [0.2, 0.25) is 0 Å². The van der Waals surface area contributed by atoms with Gasteiger partial charge in [-0.3, -0.25) is 0 Å². The number of nitrogens with zero attached hydrogens (tertiary/aromatic N) is 1. The number of nitrogens with two attached hydrogens (primary N) is 1. The fourth-order valence-electron chi connectivity index (χ4n) is 1.93. The lowest BCUT2D eigenvalue weighted by Crippen LogP contribution is -3.00. The maximum absolute atomic E-state index is 12.3. The van der Waals surface area contributed by atoms with Crippen LogP contribution in [-0.4, -0.2) is 45.6 Å². The Kier molecular flexibility index (Phi) is 6.22. The van der Waals surface area contributed by atoms with Crippen molar-refractivity contribution in [2.24, 2.45) is 5.73 Å². The number of morpholine rings is 1. The van der Waals surface area contributed by atoms with Crippen LogP contribution in [0.4, 0.5) is 0 Å². The van der Waals surface area contributed by atoms with Gasteiger partial charge >= 0.3 is 0 Å². The molecule has 0 radical (unpaired) electrons. The van der Waals surface area contributed by atoms with Crippen molar-refractivity contribution >= 4 is 10.0 Å². The first-order chi connectivity index (χ1) is 8.64. The molecule has 0 bridgehead atoms. The molecule has 1 fully saturated rings. The van der Waals surface area contributed by atoms with Gasteiger partial charge in [-0.05, 0) is 30.7 Å². The second kappa shape index (κ2) is 7.21. The number of sulfonamides is 1. The second-order valence-electron chi connectivity index (χ2n) is 4.20. The molecular formula is C12H18ClN2O3S-. The Morgan fingerprint density at radius 3 is 2.26 bits per heavy atom. The van der Waals surface area contributed by atoms with E-state index in [1.807, 2.05) is 12.1 Å². The van der Waals surface area contributed by atoms with Crippen LogP contribution in [0.1, 0.15) is 5.56 Å². The normalized spacial score (nSPS) is 16.9. The topological polar surface area (TPSA) is 72.6 Å². The van der Waals surface area contributed by atoms with E-state index in [1.165, 1.54) is 4.31 Å². The molecule has 1 aromatic carbocycles. The predicted molar refractivity (Wildman–Crippen MR) is 68.8 cm³/mol. The molecule has 0 aromatic heterocycles. The minimum Gasteiger partial charge on any atom is -1.00 e. The molecule has 0 saturated carbocycles. The van der Waals surface area contributed by atoms with Gasteiger partial charge in [0.2, 0.25) is 10.0 Å². The molecule has 0 amide bonds. The lowest BCUT2D eigenvalue weighted by molar-refractivity contribution is -0.00000670. The summed E-state index contributed by atoms with van der Waals surface area (Å²) in [6.07, 6.45) is 0.762. The lowest BCUT2D eigenvalue weighted by atomic mass is 10.2. The first kappa shape index (κ1) is 16.4. The van der Waals surface area contributed by atoms with E-state index in [1.54, 1.807) is 12.1 Å². The minimum absolute atomic E-state index is 0. The largest absolute Gasteiger partial charge is 1.00 e. The van der Waals surface area contributed by atoms with E-state index in [4.69, 9.17) is 10.5 Å². The van der Waals surface area contributed by atoms with Crippen LogP contribution in [-0.2, 0) is 21.2 Å². The summed E-state index contributed by atoms with van der Waals surface area (Å²) in [6.45, 7) is 2.34. The Morgan fingerprint density at radius 2 is 1.74 bits per heavy atom. The van der Waals surface area contributed by atoms with Crippen molar-refractivity contribution in [1.82, 2.24) is 4.31 Å². The zero-order valence-electron chi connectivity index (χ0n) is 10.6. The maximum Gasteiger partial charge on any atom is 0.243 e. The molecule has 0 unspecified atom stereocenters. The number of ether oxygens (including phenoxy) is 1. The average molecular weight is 306 g/mol. The summed E-state index contributed by atoms with van der Waals surface area (Å²) in [5.74, 6) is 0. The summed E-state index contributed by atoms with van der Waals surface area (Å²) in [7, 11) is -3.37. The van der Waals surface area contributed by atoms with Crippen LogP contribution >= 0.6 is 0 Å². The van der Waals surface area contributed by atoms with Gasteiger partial charge < -0.3 is 22.9 Å². The van der Waals surface area contributed by atoms with Gasteiger partial charge in [-0.2, -0.15) is 4.31 Å². The van der Waals surface area contributed by atoms with E-state index in [2.05, 4.69) is 0 Å². The van der Waals surface area contributed by atoms with Gasteiger partial charge in [0.05, 0.1) is 18.1 Å². The summed E-state index contributed by atoms with van der Waals surface area (Å²) >= 11 is 0. The molecule has 2 N–H and O–H groups in total. The number of halogens is 1. The van der Waals surface area contributed by atoms with Crippen molar-refractivity contribution in [3.63, 3.8) is 0 Å². The van der Waals surface area contributed by atoms with Crippen molar-refractivity contribution in [2.45, 2.75) is 11.3 Å². The van der Waals surface area contributed by atoms with Gasteiger partial charge in [-0.15, -0.1) is 0 Å². The molecule has 0 aliphatic carbocycles. The quantitative estimate of drug-likeness (QED) is 0.653. The first-order valence-electron chi connectivity index (χ1n) is 6.01. The summed E-state index contributed by atoms with van der Waals surface area (Å²) in [6, 6.07) is 6.94. The smallest absolute Gasteiger partial charge is 0.243 e. The summed E-state index contributed by atoms with van der Waals surface area (Å²) < 4.78 is 31.2. The highest BCUT2D eigenvalue weighted by molar-refractivity contribution is 7.89. The van der Waals surface area contributed by atoms with Crippen LogP contribution in [0.3, 0.4) is 0 Å². The highest BCUT2D eigenvalue weighted by Crippen LogP contribution is 2.17. The minimum atomic E-state index is -3.37. The SMILES string of the molecule is NCCc1ccc(S(=O)(=O)N2CCOCC2)cc1.[Cl-]. The van der Waals surface area contributed by atoms with Gasteiger partial charge in [0.15, 0.2) is 0 Å². The molecule has 1 heterocycles. The molecule has 1 aliphatic heterocycles. The van der Waals surface area contributed by atoms with Crippen LogP contribution in [0.25, 0.3) is 0 Å². The molecule has 1 aliphatic rings. The van der Waals surface area contributed by atoms with E-state index < -0.39 is 10.0 Å². The van der Waals surface area contributed by atoms with Gasteiger partial charge in [-0.1, -0.05) is 12.1 Å². The third kappa shape index (κ3) is 3.90. The first-order valence-corrected chi connectivity index (χ1v) is 7.45. The molecular weight excluding hydrogens is 288 g/mol. The molecule has 1 aromatic rings. The van der Waals surface area contributed by atoms with Crippen LogP contribution in [0, 0.1) is 0 Å². The monoisotopic (exact) mass is 305 g/mol. The van der Waals surface area contributed by atoms with Crippen molar-refractivity contribution < 1.29 is 25.6 Å². The number of rotatable bonds is 4. The Hall–Kier alpha value is -0.660. The molecule has 7 heteroatoms. The molecule has 108 valence electrons. The van der Waals surface area contributed by atoms with Gasteiger partial charge in [0, 0.05) is 13.1 Å². The maximum atomic E-state index is 12.3. The van der Waals surface area contributed by atoms with Crippen molar-refractivity contribution in [3.8, 4) is 0 Å². The number of hydrogen-bond donors (Lipinski definition) is 1. The zero-order valence-corrected chi connectivity index (χ0v) is 12.2. The summed E-state index contributed by atoms with van der Waals surface area (Å²) in [5.41, 5.74) is 6.52. The zero-order chi connectivity index (χ0) is 13.0. The van der Waals surface area contributed by atoms with E-state index in [9.17, 15) is 8.42 Å². The number of hydrogen-bond acceptors (Lipinski definition) is 4. The number of benzene rings is 1. The predicted octanol–water partition coefficient (Wildman–Crippen LogP) is -2.79. The van der Waals surface area contributed by atoms with E-state index in [0.717, 1.165) is 12.0 Å². The molecule has 5 nitrogen and oxygen atoms in total. The van der Waals surface area contributed by atoms with Crippen LogP contribution < -0.4 is 18.1 Å². The van der Waals surface area contributed by atoms with Crippen molar-refractivity contribution in [2.75, 3.05) is 32.8 Å². The highest BCUT2D eigenvalue weighted by atomic mass is 35.5. The van der Waals surface area contributed by atoms with Crippen LogP contribution in [0.15, 0.2) is 29.2 Å². The van der Waals surface area contributed by atoms with Gasteiger partial charge in [0.1, 0.15) is 0 Å². The van der Waals surface area contributed by atoms with Crippen molar-refractivity contribution in [3.05, 3.63) is 29.8 Å². The standard InChI is InChI=1S/C12H18N2O3S.ClH/c13-6-5-11-1-3-12(4-2-11)18(15,16)14-7-9-17-10-8-14;/h1-4H,5-10,13H2;1H/p-1. The summed E-state index contributed by atoms with van der Waals surface area (Å²) in [5, 5.41) is 0. The highest BCUT2D eigenvalue weighted by Gasteiger charge is 2.25. The molecule has 1 saturated heterocycles. The Morgan fingerprint density at radius 1 is 1.16 bits per heavy atom. The van der Waals surface area contributed by atoms with E-state index in [-0.39, 0.29) is 12.4 Å². The molecule has 0 spiro atoms. The Balaban J connectivity index is 0.00000180. The molecule has 19 heavy (non-hydrogen) atoms. The lowest BCUT2D eigenvalue weighted by Gasteiger charge is -2.26. The van der Waals surface area contributed by atoms with E-state index >= 15 is 0 Å². The Bertz CT molecular complexity index is 484. The van der Waals surface area contributed by atoms with E-state index in [0.29, 0.717) is 37.7 Å². The fraction of sp³-hybridized carbons (Fsp3) is 0.500. The fourth-order valence-corrected chi connectivity index (χ4v) is 3.34. The molecule has 2 rings (SSSR count). The van der Waals surface area contributed by atoms with Crippen LogP contribution in [0.5, 0.6) is 0 Å². The van der Waals surface area contributed by atoms with Gasteiger partial charge in [0.25, 0.3) is 0 Å². The summed E-state index contributed by atoms with van der Waals surface area (Å²) in [4.78, 5) is 0.338. The average Bonchev–Trinajstić information content (AvgIpc) is 2.41. The second-order valence-corrected chi connectivity index (χ2v) is 6.14. The third-order valence-corrected chi connectivity index (χ3v) is 4.88. The van der Waals surface area contributed by atoms with Crippen molar-refractivity contribution in [1.29, 1.82) is 0 Å². The van der Waals surface area contributed by atoms with Gasteiger partial charge in [-0.25, -0.2) is 8.42 Å². The molecule has 0 atom stereocenters. The Labute approximate surface area is 120 Å². The third-order valence-electron chi connectivity index (χ3n) is 2.96.